The number of hydrogen-bond acceptors (Lipinski definition) is 7. The van der Waals surface area contributed by atoms with Crippen molar-refractivity contribution < 1.29 is 24.2 Å². The molecule has 0 spiro atoms. The van der Waals surface area contributed by atoms with Crippen molar-refractivity contribution in [2.45, 2.75) is 58.3 Å². The first kappa shape index (κ1) is 25.6. The van der Waals surface area contributed by atoms with Gasteiger partial charge in [0.05, 0.1) is 12.5 Å². The minimum atomic E-state index is -0.919. The minimum absolute atomic E-state index is 0.0253. The lowest BCUT2D eigenvalue weighted by molar-refractivity contribution is -0.140. The maximum Gasteiger partial charge on any atom is 0.249 e. The van der Waals surface area contributed by atoms with E-state index in [0.29, 0.717) is 11.1 Å². The lowest BCUT2D eigenvalue weighted by Crippen LogP contribution is -2.47. The fourth-order valence-corrected chi connectivity index (χ4v) is 5.75. The van der Waals surface area contributed by atoms with E-state index in [1.54, 1.807) is 6.07 Å². The Morgan fingerprint density at radius 3 is 2.49 bits per heavy atom. The number of rotatable bonds is 6. The van der Waals surface area contributed by atoms with Crippen LogP contribution in [0, 0.1) is 5.41 Å². The molecule has 1 aromatic carbocycles. The van der Waals surface area contributed by atoms with Crippen LogP contribution in [-0.2, 0) is 14.3 Å². The molecule has 35 heavy (non-hydrogen) atoms. The van der Waals surface area contributed by atoms with Crippen LogP contribution in [0.1, 0.15) is 56.0 Å². The third kappa shape index (κ3) is 4.94. The number of piperazine rings is 1. The van der Waals surface area contributed by atoms with Gasteiger partial charge in [0.15, 0.2) is 5.78 Å². The maximum atomic E-state index is 14.0. The number of primary amides is 1. The third-order valence-electron chi connectivity index (χ3n) is 7.44. The van der Waals surface area contributed by atoms with Crippen molar-refractivity contribution in [1.29, 1.82) is 0 Å². The van der Waals surface area contributed by atoms with Crippen LogP contribution in [0.4, 0.5) is 5.69 Å². The van der Waals surface area contributed by atoms with Crippen molar-refractivity contribution >= 4 is 23.3 Å². The summed E-state index contributed by atoms with van der Waals surface area (Å²) < 4.78 is 5.46. The summed E-state index contributed by atoms with van der Waals surface area (Å²) in [5, 5.41) is 10.5. The smallest absolute Gasteiger partial charge is 0.249 e. The third-order valence-corrected chi connectivity index (χ3v) is 7.44. The molecule has 0 aliphatic carbocycles. The van der Waals surface area contributed by atoms with Crippen LogP contribution in [0.25, 0.3) is 0 Å². The Kier molecular flexibility index (Phi) is 7.22. The number of aliphatic hydroxyl groups excluding tert-OH is 1. The van der Waals surface area contributed by atoms with Gasteiger partial charge in [-0.05, 0) is 42.1 Å². The highest BCUT2D eigenvalue weighted by Gasteiger charge is 2.54. The van der Waals surface area contributed by atoms with Crippen molar-refractivity contribution in [3.8, 4) is 0 Å². The number of nitrogens with zero attached hydrogens (tertiary/aromatic N) is 3. The molecule has 0 aromatic heterocycles. The Hall–Kier alpha value is -2.49. The molecule has 0 radical (unpaired) electrons. The van der Waals surface area contributed by atoms with Crippen molar-refractivity contribution in [1.82, 2.24) is 9.80 Å². The Morgan fingerprint density at radius 2 is 1.89 bits per heavy atom. The van der Waals surface area contributed by atoms with Gasteiger partial charge in [-0.2, -0.15) is 0 Å². The Balaban J connectivity index is 1.70. The molecule has 3 aliphatic heterocycles. The Morgan fingerprint density at radius 1 is 1.20 bits per heavy atom. The quantitative estimate of drug-likeness (QED) is 0.616. The molecule has 3 fully saturated rings. The summed E-state index contributed by atoms with van der Waals surface area (Å²) in [4.78, 5) is 45.2. The summed E-state index contributed by atoms with van der Waals surface area (Å²) in [5.74, 6) is -1.83. The van der Waals surface area contributed by atoms with Crippen molar-refractivity contribution in [2.24, 2.45) is 11.1 Å². The van der Waals surface area contributed by atoms with E-state index in [-0.39, 0.29) is 24.8 Å². The minimum Gasteiger partial charge on any atom is -0.388 e. The van der Waals surface area contributed by atoms with Crippen LogP contribution in [0.2, 0.25) is 0 Å². The number of ether oxygens (including phenoxy) is 1. The highest BCUT2D eigenvalue weighted by molar-refractivity contribution is 5.99. The number of ketones is 1. The van der Waals surface area contributed by atoms with Gasteiger partial charge in [-0.15, -0.1) is 0 Å². The van der Waals surface area contributed by atoms with E-state index in [9.17, 15) is 19.5 Å². The van der Waals surface area contributed by atoms with E-state index in [1.807, 2.05) is 32.9 Å². The van der Waals surface area contributed by atoms with E-state index < -0.39 is 35.5 Å². The number of aliphatic hydroxyl groups is 1. The summed E-state index contributed by atoms with van der Waals surface area (Å²) >= 11 is 0. The largest absolute Gasteiger partial charge is 0.388 e. The van der Waals surface area contributed by atoms with Crippen LogP contribution in [0.15, 0.2) is 18.2 Å². The monoisotopic (exact) mass is 486 g/mol. The Bertz CT molecular complexity index is 982. The normalized spacial score (nSPS) is 26.2. The number of Topliss-reactive ketones (excluding diaryl/α,β-unsaturated/α-hetero) is 1. The van der Waals surface area contributed by atoms with Gasteiger partial charge in [0.1, 0.15) is 24.9 Å². The van der Waals surface area contributed by atoms with Gasteiger partial charge >= 0.3 is 0 Å². The molecule has 3 heterocycles. The van der Waals surface area contributed by atoms with Crippen molar-refractivity contribution in [3.63, 3.8) is 0 Å². The zero-order chi connectivity index (χ0) is 25.5. The van der Waals surface area contributed by atoms with Gasteiger partial charge < -0.3 is 25.4 Å². The first-order valence-electron chi connectivity index (χ1n) is 12.6. The molecular weight excluding hydrogens is 448 g/mol. The molecule has 4 rings (SSSR count). The van der Waals surface area contributed by atoms with E-state index in [4.69, 9.17) is 10.5 Å². The molecule has 1 unspecified atom stereocenters. The van der Waals surface area contributed by atoms with Gasteiger partial charge in [0.2, 0.25) is 11.8 Å². The summed E-state index contributed by atoms with van der Waals surface area (Å²) in [6.45, 7) is 12.6. The summed E-state index contributed by atoms with van der Waals surface area (Å²) in [7, 11) is 0. The lowest BCUT2D eigenvalue weighted by atomic mass is 9.73. The predicted octanol–water partition coefficient (Wildman–Crippen LogP) is 0.987. The number of amides is 2. The highest BCUT2D eigenvalue weighted by Crippen LogP contribution is 2.42. The topological polar surface area (TPSA) is 116 Å². The van der Waals surface area contributed by atoms with Gasteiger partial charge in [-0.1, -0.05) is 27.7 Å². The molecule has 192 valence electrons. The number of likely N-dealkylation sites (tertiary alicyclic amines) is 1. The molecule has 1 aromatic rings. The fraction of sp³-hybridized carbons (Fsp3) is 0.654. The molecule has 3 N–H and O–H groups in total. The van der Waals surface area contributed by atoms with E-state index in [1.165, 1.54) is 4.90 Å². The molecule has 0 bridgehead atoms. The number of fused-ring (bicyclic) bond motifs is 1. The first-order valence-corrected chi connectivity index (χ1v) is 12.6. The first-order chi connectivity index (χ1) is 16.5. The average Bonchev–Trinajstić information content (AvgIpc) is 3.34. The van der Waals surface area contributed by atoms with Crippen molar-refractivity contribution in [3.05, 3.63) is 29.3 Å². The standard InChI is InChI=1S/C26H38N4O5/c1-5-8-28-9-11-29(12-10-28)16-6-7-17(24(27)33)18(13-16)21(26(2,3)4)25(34)30-14-19(31)23-22(30)20(32)15-35-23/h6-7,13,19,21-23,31H,5,8-12,14-15H2,1-4H3,(H2,27,33)/t19-,21?,22-,23-/m1/s1. The average molecular weight is 487 g/mol. The van der Waals surface area contributed by atoms with Gasteiger partial charge in [0.25, 0.3) is 0 Å². The zero-order valence-corrected chi connectivity index (χ0v) is 21.2. The number of hydrogen-bond donors (Lipinski definition) is 2. The molecule has 2 amide bonds. The number of carbonyl (C=O) groups is 3. The van der Waals surface area contributed by atoms with Gasteiger partial charge in [-0.3, -0.25) is 19.3 Å². The van der Waals surface area contributed by atoms with Crippen LogP contribution in [0.5, 0.6) is 0 Å². The number of carbonyl (C=O) groups excluding carboxylic acids is 3. The molecular formula is C26H38N4O5. The van der Waals surface area contributed by atoms with Crippen LogP contribution >= 0.6 is 0 Å². The fourth-order valence-electron chi connectivity index (χ4n) is 5.75. The Labute approximate surface area is 207 Å². The second-order valence-electron chi connectivity index (χ2n) is 11.0. The SMILES string of the molecule is CCCN1CCN(c2ccc(C(N)=O)c(C(C(=O)N3C[C@@H](O)[C@H]4OCC(=O)[C@H]43)C(C)(C)C)c2)CC1. The number of anilines is 1. The molecule has 0 saturated carbocycles. The van der Waals surface area contributed by atoms with Crippen LogP contribution in [-0.4, -0.2) is 96.6 Å². The second kappa shape index (κ2) is 9.87. The van der Waals surface area contributed by atoms with E-state index >= 15 is 0 Å². The summed E-state index contributed by atoms with van der Waals surface area (Å²) in [6, 6.07) is 4.73. The highest BCUT2D eigenvalue weighted by atomic mass is 16.5. The van der Waals surface area contributed by atoms with Gasteiger partial charge in [-0.25, -0.2) is 0 Å². The van der Waals surface area contributed by atoms with Crippen molar-refractivity contribution in [2.75, 3.05) is 50.8 Å². The number of β-amino-alcohol motifs (C(OH)–C–C–N with tert-alkyl or cyclic N) is 1. The molecule has 4 atom stereocenters. The second-order valence-corrected chi connectivity index (χ2v) is 11.0. The summed E-state index contributed by atoms with van der Waals surface area (Å²) in [5.41, 5.74) is 7.00. The van der Waals surface area contributed by atoms with Crippen LogP contribution < -0.4 is 10.6 Å². The van der Waals surface area contributed by atoms with E-state index in [2.05, 4.69) is 16.7 Å². The molecule has 9 heteroatoms. The van der Waals surface area contributed by atoms with Crippen LogP contribution in [0.3, 0.4) is 0 Å². The zero-order valence-electron chi connectivity index (χ0n) is 21.2. The van der Waals surface area contributed by atoms with E-state index in [0.717, 1.165) is 44.8 Å². The maximum absolute atomic E-state index is 14.0. The van der Waals surface area contributed by atoms with Gasteiger partial charge in [0, 0.05) is 37.4 Å². The molecule has 9 nitrogen and oxygen atoms in total. The number of nitrogens with two attached hydrogens (primary N) is 1. The summed E-state index contributed by atoms with van der Waals surface area (Å²) in [6.07, 6.45) is -0.501. The molecule has 3 saturated heterocycles. The molecule has 3 aliphatic rings. The predicted molar refractivity (Wildman–Crippen MR) is 132 cm³/mol. The number of benzene rings is 1. The lowest BCUT2D eigenvalue weighted by Gasteiger charge is -2.38.